The molecule has 0 aromatic carbocycles. The summed E-state index contributed by atoms with van der Waals surface area (Å²) in [5.41, 5.74) is 0.140. The molecule has 0 unspecified atom stereocenters. The van der Waals surface area contributed by atoms with Crippen LogP contribution in [0, 0.1) is 0 Å². The van der Waals surface area contributed by atoms with Crippen LogP contribution in [-0.2, 0) is 0 Å². The highest BCUT2D eigenvalue weighted by atomic mass is 35.5. The molecule has 5 heteroatoms. The van der Waals surface area contributed by atoms with Gasteiger partial charge in [0.2, 0.25) is 0 Å². The standard InChI is InChI=1S/C12H18ClN3O/c1-12(2,8-16(3)4)15-11(17)9-5-6-14-7-10(9)13/h5-7H,8H2,1-4H3,(H,15,17). The molecule has 0 radical (unpaired) electrons. The topological polar surface area (TPSA) is 45.2 Å². The fourth-order valence-corrected chi connectivity index (χ4v) is 1.97. The smallest absolute Gasteiger partial charge is 0.253 e. The highest BCUT2D eigenvalue weighted by molar-refractivity contribution is 6.33. The van der Waals surface area contributed by atoms with Crippen molar-refractivity contribution < 1.29 is 4.79 Å². The van der Waals surface area contributed by atoms with E-state index in [4.69, 9.17) is 11.6 Å². The molecule has 1 aromatic rings. The van der Waals surface area contributed by atoms with Gasteiger partial charge in [-0.1, -0.05) is 11.6 Å². The van der Waals surface area contributed by atoms with Crippen LogP contribution in [0.25, 0.3) is 0 Å². The van der Waals surface area contributed by atoms with Crippen molar-refractivity contribution in [2.24, 2.45) is 0 Å². The molecule has 4 nitrogen and oxygen atoms in total. The fourth-order valence-electron chi connectivity index (χ4n) is 1.76. The lowest BCUT2D eigenvalue weighted by Gasteiger charge is -2.29. The summed E-state index contributed by atoms with van der Waals surface area (Å²) in [5.74, 6) is -0.177. The van der Waals surface area contributed by atoms with E-state index in [9.17, 15) is 4.79 Å². The molecule has 0 aliphatic carbocycles. The normalized spacial score (nSPS) is 11.6. The molecule has 0 bridgehead atoms. The summed E-state index contributed by atoms with van der Waals surface area (Å²) in [4.78, 5) is 17.9. The van der Waals surface area contributed by atoms with E-state index >= 15 is 0 Å². The lowest BCUT2D eigenvalue weighted by molar-refractivity contribution is 0.0899. The Kier molecular flexibility index (Phi) is 4.48. The minimum Gasteiger partial charge on any atom is -0.346 e. The van der Waals surface area contributed by atoms with Crippen molar-refractivity contribution in [3.8, 4) is 0 Å². The number of likely N-dealkylation sites (N-methyl/N-ethyl adjacent to an activating group) is 1. The number of carbonyl (C=O) groups excluding carboxylic acids is 1. The lowest BCUT2D eigenvalue weighted by atomic mass is 10.0. The number of aromatic nitrogens is 1. The Bertz CT molecular complexity index is 404. The summed E-state index contributed by atoms with van der Waals surface area (Å²) in [6.07, 6.45) is 3.02. The van der Waals surface area contributed by atoms with Gasteiger partial charge in [0.15, 0.2) is 0 Å². The number of nitrogens with zero attached hydrogens (tertiary/aromatic N) is 2. The minimum absolute atomic E-state index is 0.177. The Balaban J connectivity index is 2.76. The van der Waals surface area contributed by atoms with Gasteiger partial charge in [0.1, 0.15) is 0 Å². The van der Waals surface area contributed by atoms with Gasteiger partial charge in [0, 0.05) is 24.5 Å². The van der Waals surface area contributed by atoms with Gasteiger partial charge in [-0.2, -0.15) is 0 Å². The maximum atomic E-state index is 12.0. The van der Waals surface area contributed by atoms with Crippen LogP contribution in [0.5, 0.6) is 0 Å². The summed E-state index contributed by atoms with van der Waals surface area (Å²) in [6.45, 7) is 4.70. The maximum absolute atomic E-state index is 12.0. The minimum atomic E-state index is -0.312. The molecule has 1 N–H and O–H groups in total. The molecule has 0 saturated carbocycles. The molecular weight excluding hydrogens is 238 g/mol. The van der Waals surface area contributed by atoms with Crippen molar-refractivity contribution in [1.82, 2.24) is 15.2 Å². The first-order valence-electron chi connectivity index (χ1n) is 5.38. The monoisotopic (exact) mass is 255 g/mol. The molecular formula is C12H18ClN3O. The second-order valence-electron chi connectivity index (χ2n) is 4.93. The first kappa shape index (κ1) is 13.9. The van der Waals surface area contributed by atoms with E-state index in [1.807, 2.05) is 32.8 Å². The summed E-state index contributed by atoms with van der Waals surface area (Å²) < 4.78 is 0. The predicted molar refractivity (Wildman–Crippen MR) is 69.3 cm³/mol. The van der Waals surface area contributed by atoms with Gasteiger partial charge in [0.05, 0.1) is 10.6 Å². The molecule has 0 saturated heterocycles. The summed E-state index contributed by atoms with van der Waals surface area (Å²) in [5, 5.41) is 3.32. The van der Waals surface area contributed by atoms with Gasteiger partial charge >= 0.3 is 0 Å². The molecule has 0 spiro atoms. The van der Waals surface area contributed by atoms with E-state index in [1.165, 1.54) is 6.20 Å². The Labute approximate surface area is 107 Å². The van der Waals surface area contributed by atoms with Crippen molar-refractivity contribution in [1.29, 1.82) is 0 Å². The second kappa shape index (κ2) is 5.47. The van der Waals surface area contributed by atoms with Crippen molar-refractivity contribution in [3.63, 3.8) is 0 Å². The predicted octanol–water partition coefficient (Wildman–Crippen LogP) is 1.80. The molecule has 94 valence electrons. The third kappa shape index (κ3) is 4.32. The lowest BCUT2D eigenvalue weighted by Crippen LogP contribution is -2.50. The van der Waals surface area contributed by atoms with Gasteiger partial charge < -0.3 is 10.2 Å². The highest BCUT2D eigenvalue weighted by Crippen LogP contribution is 2.14. The number of hydrogen-bond donors (Lipinski definition) is 1. The zero-order valence-electron chi connectivity index (χ0n) is 10.6. The van der Waals surface area contributed by atoms with Crippen molar-refractivity contribution in [2.75, 3.05) is 20.6 Å². The second-order valence-corrected chi connectivity index (χ2v) is 5.34. The molecule has 17 heavy (non-hydrogen) atoms. The van der Waals surface area contributed by atoms with Gasteiger partial charge in [-0.25, -0.2) is 0 Å². The third-order valence-electron chi connectivity index (χ3n) is 2.18. The average molecular weight is 256 g/mol. The van der Waals surface area contributed by atoms with Crippen LogP contribution in [-0.4, -0.2) is 42.0 Å². The fraction of sp³-hybridized carbons (Fsp3) is 0.500. The summed E-state index contributed by atoms with van der Waals surface area (Å²) in [7, 11) is 3.93. The van der Waals surface area contributed by atoms with Gasteiger partial charge in [-0.05, 0) is 34.0 Å². The highest BCUT2D eigenvalue weighted by Gasteiger charge is 2.22. The maximum Gasteiger partial charge on any atom is 0.253 e. The SMILES string of the molecule is CN(C)CC(C)(C)NC(=O)c1ccncc1Cl. The van der Waals surface area contributed by atoms with Crippen LogP contribution in [0.4, 0.5) is 0 Å². The third-order valence-corrected chi connectivity index (χ3v) is 2.48. The first-order valence-corrected chi connectivity index (χ1v) is 5.76. The van der Waals surface area contributed by atoms with Crippen molar-refractivity contribution in [2.45, 2.75) is 19.4 Å². The van der Waals surface area contributed by atoms with E-state index in [0.29, 0.717) is 10.6 Å². The molecule has 1 heterocycles. The molecule has 0 aliphatic heterocycles. The average Bonchev–Trinajstić information content (AvgIpc) is 2.14. The molecule has 1 aromatic heterocycles. The number of pyridine rings is 1. The number of carbonyl (C=O) groups is 1. The number of amides is 1. The van der Waals surface area contributed by atoms with Crippen LogP contribution >= 0.6 is 11.6 Å². The molecule has 1 rings (SSSR count). The van der Waals surface area contributed by atoms with Crippen LogP contribution in [0.2, 0.25) is 5.02 Å². The Morgan fingerprint density at radius 1 is 1.53 bits per heavy atom. The van der Waals surface area contributed by atoms with Gasteiger partial charge in [0.25, 0.3) is 5.91 Å². The van der Waals surface area contributed by atoms with Crippen LogP contribution in [0.3, 0.4) is 0 Å². The number of rotatable bonds is 4. The first-order chi connectivity index (χ1) is 7.82. The zero-order chi connectivity index (χ0) is 13.1. The van der Waals surface area contributed by atoms with Crippen molar-refractivity contribution in [3.05, 3.63) is 29.0 Å². The summed E-state index contributed by atoms with van der Waals surface area (Å²) >= 11 is 5.92. The van der Waals surface area contributed by atoms with E-state index in [-0.39, 0.29) is 11.4 Å². The van der Waals surface area contributed by atoms with Gasteiger partial charge in [-0.3, -0.25) is 9.78 Å². The molecule has 0 fully saturated rings. The quantitative estimate of drug-likeness (QED) is 0.893. The number of hydrogen-bond acceptors (Lipinski definition) is 3. The van der Waals surface area contributed by atoms with Crippen LogP contribution in [0.1, 0.15) is 24.2 Å². The van der Waals surface area contributed by atoms with E-state index < -0.39 is 0 Å². The van der Waals surface area contributed by atoms with Crippen molar-refractivity contribution >= 4 is 17.5 Å². The Morgan fingerprint density at radius 3 is 2.71 bits per heavy atom. The van der Waals surface area contributed by atoms with Crippen LogP contribution in [0.15, 0.2) is 18.5 Å². The largest absolute Gasteiger partial charge is 0.346 e. The van der Waals surface area contributed by atoms with E-state index in [2.05, 4.69) is 10.3 Å². The zero-order valence-corrected chi connectivity index (χ0v) is 11.4. The number of nitrogens with one attached hydrogen (secondary N) is 1. The Morgan fingerprint density at radius 2 is 2.18 bits per heavy atom. The Hall–Kier alpha value is -1.13. The van der Waals surface area contributed by atoms with E-state index in [1.54, 1.807) is 12.3 Å². The summed E-state index contributed by atoms with van der Waals surface area (Å²) in [6, 6.07) is 1.61. The van der Waals surface area contributed by atoms with Crippen LogP contribution < -0.4 is 5.32 Å². The molecule has 0 aliphatic rings. The van der Waals surface area contributed by atoms with Gasteiger partial charge in [-0.15, -0.1) is 0 Å². The van der Waals surface area contributed by atoms with E-state index in [0.717, 1.165) is 6.54 Å². The molecule has 1 amide bonds. The number of halogens is 1. The molecule has 0 atom stereocenters.